The molecule has 10 nitrogen and oxygen atoms in total. The molecule has 168 valence electrons. The van der Waals surface area contributed by atoms with Crippen molar-refractivity contribution in [2.45, 2.75) is 6.17 Å². The highest BCUT2D eigenvalue weighted by molar-refractivity contribution is 6.19. The number of benzene rings is 3. The maximum absolute atomic E-state index is 12.8. The summed E-state index contributed by atoms with van der Waals surface area (Å²) in [6.07, 6.45) is -1.23. The van der Waals surface area contributed by atoms with Gasteiger partial charge < -0.3 is 15.8 Å². The van der Waals surface area contributed by atoms with Crippen molar-refractivity contribution in [2.24, 2.45) is 20.8 Å². The van der Waals surface area contributed by atoms with Crippen LogP contribution in [0.1, 0.15) is 22.3 Å². The molecule has 0 bridgehead atoms. The van der Waals surface area contributed by atoms with E-state index in [1.807, 2.05) is 48.5 Å². The third-order valence-corrected chi connectivity index (χ3v) is 4.96. The molecule has 10 heteroatoms. The predicted octanol–water partition coefficient (Wildman–Crippen LogP) is 3.52. The number of hydrogen-bond donors (Lipinski definition) is 5. The van der Waals surface area contributed by atoms with E-state index in [0.29, 0.717) is 22.5 Å². The SMILES string of the molecule is N=NC(=N)c1ccc(C(=N)O/C(N)=N/C2N=C(c3ccccc3)c3ccccc3NC2=O)cc1. The molecule has 0 saturated carbocycles. The lowest BCUT2D eigenvalue weighted by molar-refractivity contribution is -0.117. The third kappa shape index (κ3) is 4.75. The molecule has 6 N–H and O–H groups in total. The van der Waals surface area contributed by atoms with Crippen LogP contribution < -0.4 is 11.1 Å². The van der Waals surface area contributed by atoms with Gasteiger partial charge in [-0.1, -0.05) is 60.7 Å². The van der Waals surface area contributed by atoms with Crippen molar-refractivity contribution in [1.29, 1.82) is 16.3 Å². The van der Waals surface area contributed by atoms with Gasteiger partial charge in [-0.15, -0.1) is 5.11 Å². The molecule has 0 fully saturated rings. The average Bonchev–Trinajstić information content (AvgIpc) is 3.00. The van der Waals surface area contributed by atoms with Crippen LogP contribution in [-0.2, 0) is 9.53 Å². The Morgan fingerprint density at radius 2 is 1.59 bits per heavy atom. The Bertz CT molecular complexity index is 1330. The monoisotopic (exact) mass is 452 g/mol. The van der Waals surface area contributed by atoms with Gasteiger partial charge in [0.2, 0.25) is 12.1 Å². The molecule has 0 radical (unpaired) electrons. The van der Waals surface area contributed by atoms with E-state index in [9.17, 15) is 4.79 Å². The molecule has 0 spiro atoms. The highest BCUT2D eigenvalue weighted by Crippen LogP contribution is 2.24. The normalized spacial score (nSPS) is 15.3. The van der Waals surface area contributed by atoms with Gasteiger partial charge in [-0.3, -0.25) is 15.6 Å². The van der Waals surface area contributed by atoms with Crippen LogP contribution in [0, 0.1) is 16.3 Å². The zero-order chi connectivity index (χ0) is 24.1. The van der Waals surface area contributed by atoms with E-state index in [2.05, 4.69) is 20.4 Å². The quantitative estimate of drug-likeness (QED) is 0.232. The number of fused-ring (bicyclic) bond motifs is 1. The van der Waals surface area contributed by atoms with Gasteiger partial charge in [-0.25, -0.2) is 10.5 Å². The van der Waals surface area contributed by atoms with Crippen molar-refractivity contribution in [1.82, 2.24) is 0 Å². The summed E-state index contributed by atoms with van der Waals surface area (Å²) in [7, 11) is 0. The number of nitrogens with zero attached hydrogens (tertiary/aromatic N) is 3. The van der Waals surface area contributed by atoms with Crippen LogP contribution in [0.3, 0.4) is 0 Å². The lowest BCUT2D eigenvalue weighted by atomic mass is 10.0. The van der Waals surface area contributed by atoms with E-state index in [0.717, 1.165) is 11.1 Å². The fraction of sp³-hybridized carbons (Fsp3) is 0.0417. The minimum Gasteiger partial charge on any atom is -0.407 e. The van der Waals surface area contributed by atoms with Crippen molar-refractivity contribution in [3.8, 4) is 0 Å². The van der Waals surface area contributed by atoms with Gasteiger partial charge in [0, 0.05) is 22.3 Å². The first-order valence-electron chi connectivity index (χ1n) is 10.2. The Hall–Kier alpha value is -4.99. The van der Waals surface area contributed by atoms with Crippen LogP contribution in [0.15, 0.2) is 94.0 Å². The number of carbonyl (C=O) groups excluding carboxylic acids is 1. The molecule has 34 heavy (non-hydrogen) atoms. The van der Waals surface area contributed by atoms with Crippen LogP contribution in [0.2, 0.25) is 0 Å². The van der Waals surface area contributed by atoms with Gasteiger partial charge >= 0.3 is 0 Å². The number of hydrogen-bond acceptors (Lipinski definition) is 7. The number of rotatable bonds is 4. The Morgan fingerprint density at radius 1 is 0.941 bits per heavy atom. The summed E-state index contributed by atoms with van der Waals surface area (Å²) in [5.41, 5.74) is 16.3. The number of para-hydroxylation sites is 1. The van der Waals surface area contributed by atoms with Gasteiger partial charge in [-0.2, -0.15) is 4.99 Å². The third-order valence-electron chi connectivity index (χ3n) is 4.96. The number of amides is 1. The lowest BCUT2D eigenvalue weighted by Crippen LogP contribution is -2.29. The minimum absolute atomic E-state index is 0.201. The van der Waals surface area contributed by atoms with Crippen LogP contribution in [-0.4, -0.2) is 35.5 Å². The van der Waals surface area contributed by atoms with Gasteiger partial charge in [-0.05, 0) is 18.2 Å². The molecule has 0 aromatic heterocycles. The second kappa shape index (κ2) is 9.65. The lowest BCUT2D eigenvalue weighted by Gasteiger charge is -2.10. The number of anilines is 1. The van der Waals surface area contributed by atoms with E-state index >= 15 is 0 Å². The number of nitrogens with one attached hydrogen (secondary N) is 4. The standard InChI is InChI=1S/C24H20N8O2/c25-20(32-28)15-10-12-16(13-11-15)21(26)34-24(27)31-22-23(33)29-18-9-5-4-8-17(18)19(30-22)14-6-2-1-3-7-14/h1-13,22,25-26,28H,(H2,27,31)(H,29,33). The van der Waals surface area contributed by atoms with E-state index in [-0.39, 0.29) is 11.7 Å². The molecule has 0 saturated heterocycles. The molecule has 3 aromatic rings. The summed E-state index contributed by atoms with van der Waals surface area (Å²) in [4.78, 5) is 21.5. The number of benzodiazepines with no additional fused rings is 1. The summed E-state index contributed by atoms with van der Waals surface area (Å²) >= 11 is 0. The Balaban J connectivity index is 1.61. The largest absolute Gasteiger partial charge is 0.407 e. The highest BCUT2D eigenvalue weighted by atomic mass is 16.5. The fourth-order valence-corrected chi connectivity index (χ4v) is 3.31. The zero-order valence-electron chi connectivity index (χ0n) is 17.8. The molecule has 1 amide bonds. The smallest absolute Gasteiger partial charge is 0.291 e. The number of nitrogens with two attached hydrogens (primary N) is 1. The maximum Gasteiger partial charge on any atom is 0.291 e. The summed E-state index contributed by atoms with van der Waals surface area (Å²) < 4.78 is 5.32. The van der Waals surface area contributed by atoms with Gasteiger partial charge in [0.1, 0.15) is 0 Å². The predicted molar refractivity (Wildman–Crippen MR) is 129 cm³/mol. The van der Waals surface area contributed by atoms with Crippen molar-refractivity contribution < 1.29 is 9.53 Å². The van der Waals surface area contributed by atoms with Crippen LogP contribution in [0.25, 0.3) is 0 Å². The highest BCUT2D eigenvalue weighted by Gasteiger charge is 2.26. The first-order valence-corrected chi connectivity index (χ1v) is 10.2. The number of ether oxygens (including phenoxy) is 1. The van der Waals surface area contributed by atoms with E-state index in [4.69, 9.17) is 26.8 Å². The first-order chi connectivity index (χ1) is 16.5. The average molecular weight is 452 g/mol. The number of carbonyl (C=O) groups is 1. The second-order valence-electron chi connectivity index (χ2n) is 7.19. The van der Waals surface area contributed by atoms with Gasteiger partial charge in [0.05, 0.1) is 11.4 Å². The van der Waals surface area contributed by atoms with E-state index < -0.39 is 18.1 Å². The van der Waals surface area contributed by atoms with E-state index in [1.54, 1.807) is 6.07 Å². The topological polar surface area (TPSA) is 173 Å². The zero-order valence-corrected chi connectivity index (χ0v) is 17.8. The summed E-state index contributed by atoms with van der Waals surface area (Å²) in [5.74, 6) is -0.988. The van der Waals surface area contributed by atoms with Crippen molar-refractivity contribution >= 4 is 35.1 Å². The van der Waals surface area contributed by atoms with E-state index in [1.165, 1.54) is 24.3 Å². The van der Waals surface area contributed by atoms with Crippen molar-refractivity contribution in [3.63, 3.8) is 0 Å². The number of aliphatic imine (C=N–C) groups is 2. The fourth-order valence-electron chi connectivity index (χ4n) is 3.31. The molecule has 4 rings (SSSR count). The Morgan fingerprint density at radius 3 is 2.29 bits per heavy atom. The van der Waals surface area contributed by atoms with Crippen molar-refractivity contribution in [3.05, 3.63) is 101 Å². The molecule has 1 atom stereocenters. The second-order valence-corrected chi connectivity index (χ2v) is 7.19. The Kier molecular flexibility index (Phi) is 6.31. The van der Waals surface area contributed by atoms with Gasteiger partial charge in [0.25, 0.3) is 11.9 Å². The summed E-state index contributed by atoms with van der Waals surface area (Å²) in [6.45, 7) is 0. The molecule has 1 unspecified atom stereocenters. The molecule has 1 aliphatic heterocycles. The van der Waals surface area contributed by atoms with Crippen LogP contribution in [0.4, 0.5) is 5.69 Å². The Labute approximate surface area is 194 Å². The molecular weight excluding hydrogens is 432 g/mol. The summed E-state index contributed by atoms with van der Waals surface area (Å²) in [6, 6.07) is 22.5. The molecule has 3 aromatic carbocycles. The molecule has 0 aliphatic carbocycles. The van der Waals surface area contributed by atoms with Crippen molar-refractivity contribution in [2.75, 3.05) is 5.32 Å². The van der Waals surface area contributed by atoms with Crippen LogP contribution in [0.5, 0.6) is 0 Å². The molecule has 1 heterocycles. The molecular formula is C24H20N8O2. The summed E-state index contributed by atoms with van der Waals surface area (Å²) in [5, 5.41) is 21.6. The minimum atomic E-state index is -1.23. The van der Waals surface area contributed by atoms with Crippen LogP contribution >= 0.6 is 0 Å². The first kappa shape index (κ1) is 22.2. The molecule has 1 aliphatic rings. The number of amidine groups is 2. The van der Waals surface area contributed by atoms with Gasteiger partial charge in [0.15, 0.2) is 5.84 Å². The maximum atomic E-state index is 12.8.